The Hall–Kier alpha value is -2.79. The summed E-state index contributed by atoms with van der Waals surface area (Å²) in [5.74, 6) is -11.2. The van der Waals surface area contributed by atoms with Crippen molar-refractivity contribution in [3.63, 3.8) is 0 Å². The Labute approximate surface area is 167 Å². The second-order valence-electron chi connectivity index (χ2n) is 5.12. The molecule has 0 aromatic rings. The molecule has 0 N–H and O–H groups in total. The fourth-order valence-electron chi connectivity index (χ4n) is 1.46. The minimum atomic E-state index is -6.32. The molecule has 0 heterocycles. The predicted octanol–water partition coefficient (Wildman–Crippen LogP) is 2.75. The smallest absolute Gasteiger partial charge is 0.463 e. The van der Waals surface area contributed by atoms with Crippen molar-refractivity contribution >= 4 is 32.7 Å². The van der Waals surface area contributed by atoms with Crippen LogP contribution in [0.1, 0.15) is 13.3 Å². The predicted molar refractivity (Wildman–Crippen MR) is 77.4 cm³/mol. The van der Waals surface area contributed by atoms with Crippen LogP contribution in [0.5, 0.6) is 0 Å². The molecule has 0 amide bonds. The van der Waals surface area contributed by atoms with Crippen LogP contribution < -0.4 is 0 Å². The van der Waals surface area contributed by atoms with Gasteiger partial charge in [0, 0.05) is 6.08 Å². The summed E-state index contributed by atoms with van der Waals surface area (Å²) in [5.41, 5.74) is 0. The van der Waals surface area contributed by atoms with Crippen LogP contribution in [0.15, 0.2) is 12.2 Å². The Bertz CT molecular complexity index is 642. The largest absolute Gasteiger partial charge is 0.705 e. The first-order valence-electron chi connectivity index (χ1n) is 7.54. The van der Waals surface area contributed by atoms with Gasteiger partial charge in [-0.25, -0.2) is 19.2 Å². The third-order valence-electron chi connectivity index (χ3n) is 2.61. The summed E-state index contributed by atoms with van der Waals surface area (Å²) in [5, 5.41) is 0. The molecule has 0 bridgehead atoms. The fraction of sp³-hybridized carbons (Fsp3) is 0.538. The summed E-state index contributed by atoms with van der Waals surface area (Å²) in [4.78, 5) is 44.1. The van der Waals surface area contributed by atoms with Crippen LogP contribution in [-0.2, 0) is 37.2 Å². The molecule has 0 aliphatic rings. The number of halogens is 9. The molecule has 0 aliphatic carbocycles. The lowest BCUT2D eigenvalue weighted by atomic mass is 10.5. The van der Waals surface area contributed by atoms with E-state index in [1.807, 2.05) is 0 Å². The Morgan fingerprint density at radius 3 is 1.39 bits per heavy atom. The van der Waals surface area contributed by atoms with E-state index in [4.69, 9.17) is 0 Å². The highest BCUT2D eigenvalue weighted by molar-refractivity contribution is 6.65. The summed E-state index contributed by atoms with van der Waals surface area (Å²) in [7, 11) is -6.32. The van der Waals surface area contributed by atoms with Gasteiger partial charge in [0.1, 0.15) is 0 Å². The quantitative estimate of drug-likeness (QED) is 0.167. The van der Waals surface area contributed by atoms with Gasteiger partial charge in [0.15, 0.2) is 0 Å². The molecular weight excluding hydrogens is 483 g/mol. The third-order valence-corrected chi connectivity index (χ3v) is 5.07. The molecule has 0 fully saturated rings. The summed E-state index contributed by atoms with van der Waals surface area (Å²) < 4.78 is 127. The molecule has 0 aromatic carbocycles. The van der Waals surface area contributed by atoms with Crippen molar-refractivity contribution < 1.29 is 76.7 Å². The number of esters is 1. The van der Waals surface area contributed by atoms with Crippen molar-refractivity contribution in [2.24, 2.45) is 0 Å². The zero-order valence-electron chi connectivity index (χ0n) is 14.9. The van der Waals surface area contributed by atoms with Crippen LogP contribution in [0, 0.1) is 0 Å². The van der Waals surface area contributed by atoms with Gasteiger partial charge >= 0.3 is 51.2 Å². The lowest BCUT2D eigenvalue weighted by Gasteiger charge is -2.28. The van der Waals surface area contributed by atoms with E-state index < -0.39 is 70.3 Å². The SMILES string of the molecule is CC=CC(=O)OCCC[Si](OC(=O)C(F)(F)F)(OC(=O)C(F)(F)F)OC(=O)C(F)(F)F. The minimum Gasteiger partial charge on any atom is -0.463 e. The topological polar surface area (TPSA) is 105 Å². The second-order valence-corrected chi connectivity index (χ2v) is 7.59. The number of carbonyl (C=O) groups excluding carboxylic acids is 4. The first-order valence-corrected chi connectivity index (χ1v) is 9.47. The molecule has 18 heteroatoms. The summed E-state index contributed by atoms with van der Waals surface area (Å²) >= 11 is 0. The highest BCUT2D eigenvalue weighted by Crippen LogP contribution is 2.30. The highest BCUT2D eigenvalue weighted by Gasteiger charge is 2.62. The van der Waals surface area contributed by atoms with Gasteiger partial charge in [0.2, 0.25) is 0 Å². The standard InChI is InChI=1S/C13H11F9O8Si/c1-2-4-7(23)27-5-3-6-31(28-8(24)11(14,15)16,29-9(25)12(17,18)19)30-10(26)13(20,21)22/h2,4H,3,5-6H2,1H3. The van der Waals surface area contributed by atoms with Gasteiger partial charge in [-0.05, 0) is 13.3 Å². The fourth-order valence-corrected chi connectivity index (χ4v) is 3.66. The van der Waals surface area contributed by atoms with E-state index in [0.717, 1.165) is 6.08 Å². The van der Waals surface area contributed by atoms with Gasteiger partial charge in [-0.2, -0.15) is 39.5 Å². The van der Waals surface area contributed by atoms with Gasteiger partial charge in [0.25, 0.3) is 0 Å². The average Bonchev–Trinajstić information content (AvgIpc) is 2.56. The van der Waals surface area contributed by atoms with E-state index in [9.17, 15) is 58.7 Å². The maximum absolute atomic E-state index is 12.4. The normalized spacial score (nSPS) is 13.0. The van der Waals surface area contributed by atoms with Crippen molar-refractivity contribution in [1.29, 1.82) is 0 Å². The lowest BCUT2D eigenvalue weighted by Crippen LogP contribution is -2.55. The van der Waals surface area contributed by atoms with E-state index >= 15 is 0 Å². The van der Waals surface area contributed by atoms with E-state index in [1.165, 1.54) is 13.0 Å². The number of rotatable bonds is 8. The maximum Gasteiger partial charge on any atom is 0.705 e. The average molecular weight is 494 g/mol. The highest BCUT2D eigenvalue weighted by atomic mass is 28.4. The van der Waals surface area contributed by atoms with Crippen LogP contribution in [0.25, 0.3) is 0 Å². The van der Waals surface area contributed by atoms with E-state index in [1.54, 1.807) is 0 Å². The van der Waals surface area contributed by atoms with E-state index in [2.05, 4.69) is 18.0 Å². The Balaban J connectivity index is 5.96. The third kappa shape index (κ3) is 10.2. The van der Waals surface area contributed by atoms with Gasteiger partial charge in [-0.15, -0.1) is 0 Å². The van der Waals surface area contributed by atoms with Gasteiger partial charge in [-0.3, -0.25) is 0 Å². The molecule has 0 atom stereocenters. The van der Waals surface area contributed by atoms with Crippen LogP contribution >= 0.6 is 0 Å². The Morgan fingerprint density at radius 2 is 1.10 bits per heavy atom. The molecule has 0 saturated heterocycles. The number of hydrogen-bond acceptors (Lipinski definition) is 8. The maximum atomic E-state index is 12.4. The first-order chi connectivity index (χ1) is 13.8. The van der Waals surface area contributed by atoms with Crippen molar-refractivity contribution in [2.45, 2.75) is 37.9 Å². The molecule has 0 aliphatic heterocycles. The van der Waals surface area contributed by atoms with Crippen LogP contribution in [0.4, 0.5) is 39.5 Å². The van der Waals surface area contributed by atoms with Gasteiger partial charge in [-0.1, -0.05) is 6.08 Å². The Kier molecular flexibility index (Phi) is 9.54. The molecule has 0 aromatic heterocycles. The molecule has 0 rings (SSSR count). The summed E-state index contributed by atoms with van der Waals surface area (Å²) in [6.45, 7) is 0.498. The summed E-state index contributed by atoms with van der Waals surface area (Å²) in [6.07, 6.45) is -16.9. The van der Waals surface area contributed by atoms with Crippen LogP contribution in [0.3, 0.4) is 0 Å². The molecular formula is C13H11F9O8Si. The van der Waals surface area contributed by atoms with Crippen LogP contribution in [-0.4, -0.2) is 57.8 Å². The van der Waals surface area contributed by atoms with Crippen molar-refractivity contribution in [2.75, 3.05) is 6.61 Å². The van der Waals surface area contributed by atoms with E-state index in [-0.39, 0.29) is 0 Å². The number of carbonyl (C=O) groups is 4. The van der Waals surface area contributed by atoms with E-state index in [0.29, 0.717) is 0 Å². The monoisotopic (exact) mass is 494 g/mol. The number of hydrogen-bond donors (Lipinski definition) is 0. The molecule has 0 unspecified atom stereocenters. The number of allylic oxidation sites excluding steroid dienone is 1. The molecule has 0 saturated carbocycles. The number of alkyl halides is 9. The zero-order valence-corrected chi connectivity index (χ0v) is 15.9. The van der Waals surface area contributed by atoms with Crippen molar-refractivity contribution in [3.05, 3.63) is 12.2 Å². The zero-order chi connectivity index (χ0) is 24.7. The van der Waals surface area contributed by atoms with Gasteiger partial charge in [0.05, 0.1) is 12.7 Å². The molecule has 8 nitrogen and oxygen atoms in total. The molecule has 178 valence electrons. The van der Waals surface area contributed by atoms with Crippen LogP contribution in [0.2, 0.25) is 6.04 Å². The summed E-state index contributed by atoms with van der Waals surface area (Å²) in [6, 6.07) is -1.57. The van der Waals surface area contributed by atoms with Crippen molar-refractivity contribution in [3.8, 4) is 0 Å². The molecule has 31 heavy (non-hydrogen) atoms. The van der Waals surface area contributed by atoms with Gasteiger partial charge < -0.3 is 18.0 Å². The molecule has 0 spiro atoms. The number of ether oxygens (including phenoxy) is 1. The minimum absolute atomic E-state index is 0.821. The lowest BCUT2D eigenvalue weighted by molar-refractivity contribution is -0.209. The van der Waals surface area contributed by atoms with Crippen molar-refractivity contribution in [1.82, 2.24) is 0 Å². The second kappa shape index (κ2) is 10.5. The first kappa shape index (κ1) is 28.2. The Morgan fingerprint density at radius 1 is 0.742 bits per heavy atom. The molecule has 0 radical (unpaired) electrons.